The summed E-state index contributed by atoms with van der Waals surface area (Å²) in [5.41, 5.74) is 0.975. The number of anilines is 2. The van der Waals surface area contributed by atoms with Gasteiger partial charge in [0.2, 0.25) is 5.91 Å². The van der Waals surface area contributed by atoms with E-state index in [2.05, 4.69) is 27.5 Å². The number of hydrogen-bond acceptors (Lipinski definition) is 5. The number of hydrogen-bond donors (Lipinski definition) is 2. The minimum absolute atomic E-state index is 0.0519. The zero-order chi connectivity index (χ0) is 14.5. The van der Waals surface area contributed by atoms with Crippen molar-refractivity contribution in [1.82, 2.24) is 15.3 Å². The molecule has 20 heavy (non-hydrogen) atoms. The van der Waals surface area contributed by atoms with Crippen molar-refractivity contribution in [2.24, 2.45) is 0 Å². The Morgan fingerprint density at radius 3 is 2.85 bits per heavy atom. The summed E-state index contributed by atoms with van der Waals surface area (Å²) in [5.74, 6) is 1.69. The van der Waals surface area contributed by atoms with Crippen LogP contribution in [0, 0.1) is 6.92 Å². The van der Waals surface area contributed by atoms with Gasteiger partial charge in [-0.2, -0.15) is 0 Å². The van der Waals surface area contributed by atoms with Crippen LogP contribution in [0.5, 0.6) is 0 Å². The van der Waals surface area contributed by atoms with Crippen molar-refractivity contribution in [2.45, 2.75) is 39.2 Å². The van der Waals surface area contributed by atoms with Crippen LogP contribution in [0.2, 0.25) is 0 Å². The maximum Gasteiger partial charge on any atom is 0.239 e. The van der Waals surface area contributed by atoms with Crippen LogP contribution in [0.1, 0.15) is 31.7 Å². The van der Waals surface area contributed by atoms with E-state index in [0.717, 1.165) is 43.0 Å². The lowest BCUT2D eigenvalue weighted by atomic mass is 10.3. The van der Waals surface area contributed by atoms with Gasteiger partial charge in [0.25, 0.3) is 0 Å². The summed E-state index contributed by atoms with van der Waals surface area (Å²) < 4.78 is 0. The molecule has 1 aliphatic rings. The van der Waals surface area contributed by atoms with Gasteiger partial charge in [0.1, 0.15) is 18.0 Å². The Bertz CT molecular complexity index is 473. The molecule has 2 N–H and O–H groups in total. The van der Waals surface area contributed by atoms with Gasteiger partial charge < -0.3 is 15.5 Å². The summed E-state index contributed by atoms with van der Waals surface area (Å²) in [5, 5.41) is 6.26. The first-order chi connectivity index (χ1) is 9.61. The number of nitrogens with one attached hydrogen (secondary N) is 2. The first-order valence-electron chi connectivity index (χ1n) is 7.17. The van der Waals surface area contributed by atoms with Crippen LogP contribution in [0.25, 0.3) is 0 Å². The van der Waals surface area contributed by atoms with Crippen LogP contribution in [-0.2, 0) is 4.79 Å². The number of carbonyl (C=O) groups is 1. The zero-order valence-electron chi connectivity index (χ0n) is 12.4. The van der Waals surface area contributed by atoms with Crippen LogP contribution in [-0.4, -0.2) is 42.1 Å². The molecule has 0 aliphatic heterocycles. The number of likely N-dealkylation sites (N-methyl/N-ethyl adjacent to an activating group) is 1. The van der Waals surface area contributed by atoms with Gasteiger partial charge in [-0.1, -0.05) is 6.92 Å². The number of carbonyl (C=O) groups excluding carboxylic acids is 1. The zero-order valence-corrected chi connectivity index (χ0v) is 12.4. The lowest BCUT2D eigenvalue weighted by molar-refractivity contribution is -0.119. The van der Waals surface area contributed by atoms with Crippen LogP contribution in [0.4, 0.5) is 11.6 Å². The van der Waals surface area contributed by atoms with Gasteiger partial charge in [-0.05, 0) is 26.2 Å². The Kier molecular flexibility index (Phi) is 4.76. The van der Waals surface area contributed by atoms with Crippen molar-refractivity contribution in [3.8, 4) is 0 Å². The highest BCUT2D eigenvalue weighted by atomic mass is 16.2. The molecule has 0 aromatic carbocycles. The van der Waals surface area contributed by atoms with E-state index in [1.807, 2.05) is 18.9 Å². The van der Waals surface area contributed by atoms with E-state index in [-0.39, 0.29) is 5.91 Å². The summed E-state index contributed by atoms with van der Waals surface area (Å²) in [6, 6.07) is 0.393. The number of rotatable bonds is 7. The van der Waals surface area contributed by atoms with Gasteiger partial charge in [-0.25, -0.2) is 9.97 Å². The highest BCUT2D eigenvalue weighted by Gasteiger charge is 2.24. The van der Waals surface area contributed by atoms with Gasteiger partial charge in [0, 0.05) is 25.2 Å². The van der Waals surface area contributed by atoms with Gasteiger partial charge in [0.15, 0.2) is 0 Å². The van der Waals surface area contributed by atoms with Gasteiger partial charge in [-0.15, -0.1) is 0 Å². The normalized spacial score (nSPS) is 13.9. The molecule has 1 aromatic heterocycles. The lowest BCUT2D eigenvalue weighted by Gasteiger charge is -2.20. The average Bonchev–Trinajstić information content (AvgIpc) is 3.21. The second kappa shape index (κ2) is 6.54. The first-order valence-corrected chi connectivity index (χ1v) is 7.17. The molecule has 1 aliphatic carbocycles. The fraction of sp³-hybridized carbons (Fsp3) is 0.643. The Morgan fingerprint density at radius 1 is 1.45 bits per heavy atom. The molecule has 0 atom stereocenters. The fourth-order valence-corrected chi connectivity index (χ4v) is 2.04. The van der Waals surface area contributed by atoms with Crippen molar-refractivity contribution in [3.63, 3.8) is 0 Å². The van der Waals surface area contributed by atoms with Crippen molar-refractivity contribution in [3.05, 3.63) is 11.9 Å². The van der Waals surface area contributed by atoms with E-state index in [1.54, 1.807) is 0 Å². The lowest BCUT2D eigenvalue weighted by Crippen LogP contribution is -2.37. The van der Waals surface area contributed by atoms with Crippen LogP contribution >= 0.6 is 0 Å². The highest BCUT2D eigenvalue weighted by Crippen LogP contribution is 2.21. The first kappa shape index (κ1) is 14.6. The third-order valence-electron chi connectivity index (χ3n) is 3.28. The van der Waals surface area contributed by atoms with Crippen molar-refractivity contribution in [2.75, 3.05) is 30.4 Å². The molecule has 6 nitrogen and oxygen atoms in total. The second-order valence-corrected chi connectivity index (χ2v) is 5.30. The average molecular weight is 277 g/mol. The predicted octanol–water partition coefficient (Wildman–Crippen LogP) is 1.32. The molecule has 0 unspecified atom stereocenters. The molecule has 0 saturated heterocycles. The number of amides is 1. The monoisotopic (exact) mass is 277 g/mol. The molecule has 0 spiro atoms. The van der Waals surface area contributed by atoms with Gasteiger partial charge in [-0.3, -0.25) is 4.79 Å². The summed E-state index contributed by atoms with van der Waals surface area (Å²) >= 11 is 0. The van der Waals surface area contributed by atoms with E-state index in [9.17, 15) is 4.79 Å². The summed E-state index contributed by atoms with van der Waals surface area (Å²) in [6.45, 7) is 5.28. The standard InChI is InChI=1S/C14H23N5O/c1-4-7-15-13-10(2)14(17-9-16-13)19(3)8-12(20)18-11-5-6-11/h9,11H,4-8H2,1-3H3,(H,18,20)(H,15,16,17). The number of nitrogens with zero attached hydrogens (tertiary/aromatic N) is 3. The third kappa shape index (κ3) is 3.82. The molecule has 1 fully saturated rings. The van der Waals surface area contributed by atoms with E-state index >= 15 is 0 Å². The van der Waals surface area contributed by atoms with E-state index in [1.165, 1.54) is 6.33 Å². The minimum Gasteiger partial charge on any atom is -0.370 e. The molecule has 1 saturated carbocycles. The molecule has 1 heterocycles. The largest absolute Gasteiger partial charge is 0.370 e. The molecule has 1 aromatic rings. The molecule has 1 amide bonds. The van der Waals surface area contributed by atoms with E-state index in [0.29, 0.717) is 12.6 Å². The molecular formula is C14H23N5O. The highest BCUT2D eigenvalue weighted by molar-refractivity contribution is 5.81. The molecule has 6 heteroatoms. The summed E-state index contributed by atoms with van der Waals surface area (Å²) in [4.78, 5) is 22.2. The quantitative estimate of drug-likeness (QED) is 0.786. The second-order valence-electron chi connectivity index (χ2n) is 5.30. The maximum atomic E-state index is 11.8. The molecule has 110 valence electrons. The van der Waals surface area contributed by atoms with Crippen molar-refractivity contribution in [1.29, 1.82) is 0 Å². The van der Waals surface area contributed by atoms with Crippen LogP contribution < -0.4 is 15.5 Å². The Hall–Kier alpha value is -1.85. The minimum atomic E-state index is 0.0519. The molecule has 0 bridgehead atoms. The molecular weight excluding hydrogens is 254 g/mol. The maximum absolute atomic E-state index is 11.8. The predicted molar refractivity (Wildman–Crippen MR) is 80.0 cm³/mol. The van der Waals surface area contributed by atoms with Crippen LogP contribution in [0.3, 0.4) is 0 Å². The Labute approximate surface area is 120 Å². The van der Waals surface area contributed by atoms with Gasteiger partial charge >= 0.3 is 0 Å². The summed E-state index contributed by atoms with van der Waals surface area (Å²) in [6.07, 6.45) is 4.79. The third-order valence-corrected chi connectivity index (χ3v) is 3.28. The van der Waals surface area contributed by atoms with E-state index in [4.69, 9.17) is 0 Å². The Balaban J connectivity index is 2.00. The molecule has 0 radical (unpaired) electrons. The van der Waals surface area contributed by atoms with Crippen molar-refractivity contribution >= 4 is 17.5 Å². The Morgan fingerprint density at radius 2 is 2.20 bits per heavy atom. The topological polar surface area (TPSA) is 70.2 Å². The van der Waals surface area contributed by atoms with Crippen LogP contribution in [0.15, 0.2) is 6.33 Å². The SMILES string of the molecule is CCCNc1ncnc(N(C)CC(=O)NC2CC2)c1C. The van der Waals surface area contributed by atoms with Gasteiger partial charge in [0.05, 0.1) is 6.54 Å². The number of aromatic nitrogens is 2. The fourth-order valence-electron chi connectivity index (χ4n) is 2.04. The van der Waals surface area contributed by atoms with E-state index < -0.39 is 0 Å². The smallest absolute Gasteiger partial charge is 0.239 e. The van der Waals surface area contributed by atoms with Crippen molar-refractivity contribution < 1.29 is 4.79 Å². The summed E-state index contributed by atoms with van der Waals surface area (Å²) in [7, 11) is 1.88. The molecule has 2 rings (SSSR count).